The lowest BCUT2D eigenvalue weighted by molar-refractivity contribution is -0.0704. The predicted octanol–water partition coefficient (Wildman–Crippen LogP) is 3.96. The van der Waals surface area contributed by atoms with E-state index >= 15 is 0 Å². The molecule has 0 aliphatic rings. The van der Waals surface area contributed by atoms with Crippen molar-refractivity contribution in [2.24, 2.45) is 5.84 Å². The van der Waals surface area contributed by atoms with Gasteiger partial charge in [-0.3, -0.25) is 10.4 Å². The first-order valence-corrected chi connectivity index (χ1v) is 7.87. The number of rotatable bonds is 3. The molecule has 3 N–H and O–H groups in total. The Kier molecular flexibility index (Phi) is 5.75. The van der Waals surface area contributed by atoms with Crippen LogP contribution in [0.15, 0.2) is 24.4 Å². The Morgan fingerprint density at radius 1 is 1.32 bits per heavy atom. The largest absolute Gasteiger partial charge is 0.450 e. The number of hydrogen-bond acceptors (Lipinski definition) is 4. The first-order chi connectivity index (χ1) is 11.4. The fourth-order valence-electron chi connectivity index (χ4n) is 1.82. The monoisotopic (exact) mass is 434 g/mol. The van der Waals surface area contributed by atoms with Gasteiger partial charge in [0, 0.05) is 6.20 Å². The summed E-state index contributed by atoms with van der Waals surface area (Å²) in [6.07, 6.45) is -3.49. The SMILES string of the molecule is N=C(N(N)Cc1cc(C(Cl)(Cl)Cl)n(-c2ncccc2Cl)n1)C(F)(F)F. The molecule has 0 aliphatic carbocycles. The smallest absolute Gasteiger partial charge is 0.285 e. The normalized spacial score (nSPS) is 12.3. The number of hydrogen-bond donors (Lipinski definition) is 2. The highest BCUT2D eigenvalue weighted by atomic mass is 35.6. The molecule has 136 valence electrons. The van der Waals surface area contributed by atoms with E-state index in [1.807, 2.05) is 0 Å². The van der Waals surface area contributed by atoms with Gasteiger partial charge in [-0.05, 0) is 18.2 Å². The van der Waals surface area contributed by atoms with Gasteiger partial charge >= 0.3 is 6.18 Å². The molecule has 0 aromatic carbocycles. The summed E-state index contributed by atoms with van der Waals surface area (Å²) in [5.74, 6) is 3.65. The molecule has 0 spiro atoms. The average molecular weight is 436 g/mol. The van der Waals surface area contributed by atoms with E-state index in [4.69, 9.17) is 57.7 Å². The van der Waals surface area contributed by atoms with Crippen molar-refractivity contribution in [3.05, 3.63) is 40.8 Å². The molecular weight excluding hydrogens is 427 g/mol. The van der Waals surface area contributed by atoms with Gasteiger partial charge in [0.1, 0.15) is 0 Å². The Balaban J connectivity index is 2.43. The summed E-state index contributed by atoms with van der Waals surface area (Å²) in [4.78, 5) is 4.02. The van der Waals surface area contributed by atoms with Crippen LogP contribution in [0.4, 0.5) is 13.2 Å². The summed E-state index contributed by atoms with van der Waals surface area (Å²) >= 11 is 23.7. The zero-order valence-electron chi connectivity index (χ0n) is 12.0. The molecule has 0 aliphatic heterocycles. The van der Waals surface area contributed by atoms with Crippen LogP contribution in [0.2, 0.25) is 5.02 Å². The van der Waals surface area contributed by atoms with Crippen LogP contribution in [0.5, 0.6) is 0 Å². The highest BCUT2D eigenvalue weighted by Crippen LogP contribution is 2.40. The van der Waals surface area contributed by atoms with Crippen molar-refractivity contribution in [2.45, 2.75) is 16.5 Å². The number of amidine groups is 1. The van der Waals surface area contributed by atoms with E-state index in [0.717, 1.165) is 4.68 Å². The third-order valence-corrected chi connectivity index (χ3v) is 3.75. The molecule has 0 radical (unpaired) electrons. The van der Waals surface area contributed by atoms with E-state index < -0.39 is 22.3 Å². The number of halogens is 7. The summed E-state index contributed by atoms with van der Waals surface area (Å²) < 4.78 is 36.7. The third kappa shape index (κ3) is 4.68. The van der Waals surface area contributed by atoms with Crippen LogP contribution in [-0.4, -0.2) is 31.8 Å². The molecule has 2 aromatic rings. The quantitative estimate of drug-likeness (QED) is 0.251. The Labute approximate surface area is 159 Å². The molecule has 0 bridgehead atoms. The molecule has 2 heterocycles. The molecule has 2 rings (SSSR count). The van der Waals surface area contributed by atoms with Crippen molar-refractivity contribution in [2.75, 3.05) is 0 Å². The highest BCUT2D eigenvalue weighted by molar-refractivity contribution is 6.66. The van der Waals surface area contributed by atoms with Gasteiger partial charge in [-0.25, -0.2) is 15.5 Å². The first-order valence-electron chi connectivity index (χ1n) is 6.36. The number of hydrazine groups is 1. The van der Waals surface area contributed by atoms with Crippen LogP contribution < -0.4 is 5.84 Å². The van der Waals surface area contributed by atoms with Crippen LogP contribution in [0, 0.1) is 5.41 Å². The summed E-state index contributed by atoms with van der Waals surface area (Å²) in [7, 11) is 0. The maximum absolute atomic E-state index is 12.5. The van der Waals surface area contributed by atoms with Gasteiger partial charge in [-0.1, -0.05) is 46.4 Å². The lowest BCUT2D eigenvalue weighted by Crippen LogP contribution is -2.44. The second-order valence-corrected chi connectivity index (χ2v) is 7.40. The minimum Gasteiger partial charge on any atom is -0.285 e. The number of nitrogens with zero attached hydrogens (tertiary/aromatic N) is 4. The standard InChI is InChI=1S/C12H9Cl4F3N6/c13-7-2-1-3-22-9(7)25-8(11(14,15)16)4-6(23-25)5-24(21)10(20)12(17,18)19/h1-4,20H,5,21H2. The first kappa shape index (κ1) is 20.1. The van der Waals surface area contributed by atoms with Crippen molar-refractivity contribution in [3.63, 3.8) is 0 Å². The number of alkyl halides is 6. The van der Waals surface area contributed by atoms with Crippen molar-refractivity contribution in [1.82, 2.24) is 19.8 Å². The topological polar surface area (TPSA) is 83.8 Å². The van der Waals surface area contributed by atoms with Gasteiger partial charge < -0.3 is 0 Å². The van der Waals surface area contributed by atoms with Crippen LogP contribution in [0.3, 0.4) is 0 Å². The molecule has 0 saturated carbocycles. The zero-order valence-corrected chi connectivity index (χ0v) is 15.1. The fraction of sp³-hybridized carbons (Fsp3) is 0.250. The van der Waals surface area contributed by atoms with Crippen LogP contribution >= 0.6 is 46.4 Å². The maximum atomic E-state index is 12.5. The minimum atomic E-state index is -4.90. The van der Waals surface area contributed by atoms with Gasteiger partial charge in [0.25, 0.3) is 0 Å². The van der Waals surface area contributed by atoms with E-state index in [0.29, 0.717) is 0 Å². The van der Waals surface area contributed by atoms with Gasteiger partial charge in [0.05, 0.1) is 23.0 Å². The van der Waals surface area contributed by atoms with E-state index in [-0.39, 0.29) is 27.2 Å². The Hall–Kier alpha value is -1.26. The Morgan fingerprint density at radius 2 is 1.96 bits per heavy atom. The van der Waals surface area contributed by atoms with Crippen LogP contribution in [-0.2, 0) is 10.3 Å². The second kappa shape index (κ2) is 7.16. The van der Waals surface area contributed by atoms with Gasteiger partial charge in [0.2, 0.25) is 9.63 Å². The number of pyridine rings is 1. The predicted molar refractivity (Wildman–Crippen MR) is 89.1 cm³/mol. The summed E-state index contributed by atoms with van der Waals surface area (Å²) in [5, 5.41) is 11.4. The highest BCUT2D eigenvalue weighted by Gasteiger charge is 2.38. The summed E-state index contributed by atoms with van der Waals surface area (Å²) in [6.45, 7) is -0.552. The van der Waals surface area contributed by atoms with Crippen LogP contribution in [0.25, 0.3) is 5.82 Å². The lowest BCUT2D eigenvalue weighted by atomic mass is 10.3. The number of aromatic nitrogens is 3. The average Bonchev–Trinajstić information content (AvgIpc) is 2.89. The maximum Gasteiger partial charge on any atom is 0.450 e. The fourth-order valence-corrected chi connectivity index (χ4v) is 2.43. The second-order valence-electron chi connectivity index (χ2n) is 4.71. The summed E-state index contributed by atoms with van der Waals surface area (Å²) in [6, 6.07) is 4.32. The number of nitrogens with two attached hydrogens (primary N) is 1. The van der Waals surface area contributed by atoms with E-state index in [2.05, 4.69) is 10.1 Å². The number of nitrogens with one attached hydrogen (secondary N) is 1. The molecule has 2 aromatic heterocycles. The lowest BCUT2D eigenvalue weighted by Gasteiger charge is -2.19. The molecule has 0 amide bonds. The Bertz CT molecular complexity index is 786. The molecular formula is C12H9Cl4F3N6. The zero-order chi connectivity index (χ0) is 19.0. The summed E-state index contributed by atoms with van der Waals surface area (Å²) in [5.41, 5.74) is 0.0135. The van der Waals surface area contributed by atoms with Gasteiger partial charge in [0.15, 0.2) is 5.82 Å². The third-order valence-electron chi connectivity index (χ3n) is 2.88. The van der Waals surface area contributed by atoms with E-state index in [1.54, 1.807) is 6.07 Å². The van der Waals surface area contributed by atoms with Crippen molar-refractivity contribution >= 4 is 52.2 Å². The van der Waals surface area contributed by atoms with Crippen LogP contribution in [0.1, 0.15) is 11.4 Å². The molecule has 0 saturated heterocycles. The van der Waals surface area contributed by atoms with E-state index in [9.17, 15) is 13.2 Å². The molecule has 0 fully saturated rings. The molecule has 0 unspecified atom stereocenters. The van der Waals surface area contributed by atoms with Crippen molar-refractivity contribution < 1.29 is 13.2 Å². The van der Waals surface area contributed by atoms with E-state index in [1.165, 1.54) is 18.3 Å². The van der Waals surface area contributed by atoms with Crippen molar-refractivity contribution in [1.29, 1.82) is 5.41 Å². The Morgan fingerprint density at radius 3 is 2.48 bits per heavy atom. The van der Waals surface area contributed by atoms with Gasteiger partial charge in [-0.2, -0.15) is 18.3 Å². The molecule has 13 heteroatoms. The van der Waals surface area contributed by atoms with Crippen molar-refractivity contribution in [3.8, 4) is 5.82 Å². The molecule has 6 nitrogen and oxygen atoms in total. The minimum absolute atomic E-state index is 0.0000364. The molecule has 25 heavy (non-hydrogen) atoms. The van der Waals surface area contributed by atoms with Gasteiger partial charge in [-0.15, -0.1) is 0 Å². The molecule has 0 atom stereocenters.